The number of nitrogens with zero attached hydrogens (tertiary/aromatic N) is 1. The van der Waals surface area contributed by atoms with Gasteiger partial charge in [0.2, 0.25) is 10.0 Å². The lowest BCUT2D eigenvalue weighted by Gasteiger charge is -2.11. The fourth-order valence-electron chi connectivity index (χ4n) is 1.26. The Morgan fingerprint density at radius 1 is 1.53 bits per heavy atom. The highest BCUT2D eigenvalue weighted by atomic mass is 35.5. The van der Waals surface area contributed by atoms with Crippen molar-refractivity contribution >= 4 is 39.2 Å². The number of sulfonamides is 1. The molecular weight excluding hydrogens is 306 g/mol. The minimum atomic E-state index is -3.56. The maximum absolute atomic E-state index is 12.0. The Morgan fingerprint density at radius 2 is 2.21 bits per heavy atom. The first-order chi connectivity index (χ1) is 8.90. The highest BCUT2D eigenvalue weighted by Gasteiger charge is 2.17. The molecule has 1 heterocycles. The smallest absolute Gasteiger partial charge is 0.242 e. The van der Waals surface area contributed by atoms with Crippen LogP contribution in [0.3, 0.4) is 0 Å². The molecule has 5 nitrogen and oxygen atoms in total. The zero-order valence-electron chi connectivity index (χ0n) is 11.1. The average molecular weight is 324 g/mol. The van der Waals surface area contributed by atoms with Crippen LogP contribution in [-0.2, 0) is 10.0 Å². The largest absolute Gasteiger partial charge is 0.369 e. The van der Waals surface area contributed by atoms with Crippen molar-refractivity contribution < 1.29 is 8.42 Å². The van der Waals surface area contributed by atoms with Crippen LogP contribution in [0.15, 0.2) is 17.2 Å². The molecule has 0 amide bonds. The number of aromatic nitrogens is 1. The van der Waals surface area contributed by atoms with E-state index in [4.69, 9.17) is 11.6 Å². The van der Waals surface area contributed by atoms with E-state index in [0.717, 1.165) is 0 Å². The molecule has 0 spiro atoms. The van der Waals surface area contributed by atoms with E-state index in [9.17, 15) is 8.42 Å². The molecule has 0 aromatic carbocycles. The van der Waals surface area contributed by atoms with Crippen LogP contribution >= 0.6 is 23.4 Å². The van der Waals surface area contributed by atoms with E-state index in [2.05, 4.69) is 15.0 Å². The number of hydrogen-bond acceptors (Lipinski definition) is 5. The van der Waals surface area contributed by atoms with Gasteiger partial charge in [-0.05, 0) is 19.2 Å². The third kappa shape index (κ3) is 4.83. The lowest BCUT2D eigenvalue weighted by atomic mass is 10.4. The molecule has 1 unspecified atom stereocenters. The monoisotopic (exact) mass is 323 g/mol. The Kier molecular flexibility index (Phi) is 6.38. The van der Waals surface area contributed by atoms with Gasteiger partial charge in [-0.15, -0.1) is 0 Å². The Balaban J connectivity index is 2.87. The van der Waals surface area contributed by atoms with Crippen molar-refractivity contribution in [1.29, 1.82) is 0 Å². The van der Waals surface area contributed by atoms with Crippen LogP contribution in [0.1, 0.15) is 13.8 Å². The number of halogens is 1. The van der Waals surface area contributed by atoms with Crippen molar-refractivity contribution in [3.8, 4) is 0 Å². The Labute approximate surface area is 123 Å². The first-order valence-electron chi connectivity index (χ1n) is 5.82. The quantitative estimate of drug-likeness (QED) is 0.805. The van der Waals surface area contributed by atoms with E-state index in [1.54, 1.807) is 11.8 Å². The van der Waals surface area contributed by atoms with Crippen LogP contribution in [0, 0.1) is 0 Å². The molecule has 0 aliphatic carbocycles. The first-order valence-corrected chi connectivity index (χ1v) is 8.97. The molecule has 0 aliphatic heterocycles. The summed E-state index contributed by atoms with van der Waals surface area (Å²) < 4.78 is 26.6. The molecule has 0 radical (unpaired) electrons. The van der Waals surface area contributed by atoms with Crippen LogP contribution in [0.2, 0.25) is 5.02 Å². The molecule has 0 aliphatic rings. The molecule has 8 heteroatoms. The number of nitrogens with one attached hydrogen (secondary N) is 2. The van der Waals surface area contributed by atoms with Crippen LogP contribution < -0.4 is 10.0 Å². The fourth-order valence-corrected chi connectivity index (χ4v) is 3.01. The predicted molar refractivity (Wildman–Crippen MR) is 81.6 cm³/mol. The second-order valence-corrected chi connectivity index (χ2v) is 7.38. The second kappa shape index (κ2) is 7.33. The van der Waals surface area contributed by atoms with E-state index >= 15 is 0 Å². The number of anilines is 1. The van der Waals surface area contributed by atoms with Crippen LogP contribution in [0.25, 0.3) is 0 Å². The van der Waals surface area contributed by atoms with Gasteiger partial charge < -0.3 is 5.32 Å². The lowest BCUT2D eigenvalue weighted by molar-refractivity contribution is 0.581. The molecule has 0 saturated heterocycles. The number of rotatable bonds is 7. The zero-order chi connectivity index (χ0) is 14.5. The third-order valence-corrected chi connectivity index (χ3v) is 5.08. The summed E-state index contributed by atoms with van der Waals surface area (Å²) in [6, 6.07) is 1.40. The summed E-state index contributed by atoms with van der Waals surface area (Å²) in [5.74, 6) is 0.487. The molecule has 0 bridgehead atoms. The van der Waals surface area contributed by atoms with E-state index < -0.39 is 10.0 Å². The van der Waals surface area contributed by atoms with Crippen molar-refractivity contribution in [2.24, 2.45) is 0 Å². The van der Waals surface area contributed by atoms with Gasteiger partial charge in [0.25, 0.3) is 0 Å². The molecule has 19 heavy (non-hydrogen) atoms. The summed E-state index contributed by atoms with van der Waals surface area (Å²) in [4.78, 5) is 4.09. The molecule has 1 atom stereocenters. The molecule has 1 rings (SSSR count). The molecular formula is C11H18ClN3O2S2. The number of thioether (sulfide) groups is 1. The van der Waals surface area contributed by atoms with E-state index in [1.165, 1.54) is 12.3 Å². The van der Waals surface area contributed by atoms with Gasteiger partial charge >= 0.3 is 0 Å². The molecule has 0 fully saturated rings. The fraction of sp³-hybridized carbons (Fsp3) is 0.545. The van der Waals surface area contributed by atoms with Gasteiger partial charge in [-0.25, -0.2) is 18.1 Å². The highest BCUT2D eigenvalue weighted by molar-refractivity contribution is 7.99. The number of hydrogen-bond donors (Lipinski definition) is 2. The first kappa shape index (κ1) is 16.6. The topological polar surface area (TPSA) is 71.1 Å². The minimum Gasteiger partial charge on any atom is -0.369 e. The summed E-state index contributed by atoms with van der Waals surface area (Å²) in [6.07, 6.45) is 3.23. The average Bonchev–Trinajstić information content (AvgIpc) is 2.38. The van der Waals surface area contributed by atoms with Gasteiger partial charge in [0.05, 0.1) is 5.02 Å². The van der Waals surface area contributed by atoms with Gasteiger partial charge in [-0.1, -0.05) is 18.5 Å². The SMILES string of the molecule is CCNc1ncc(S(=O)(=O)NCC(C)SC)cc1Cl. The van der Waals surface area contributed by atoms with Crippen LogP contribution in [0.4, 0.5) is 5.82 Å². The summed E-state index contributed by atoms with van der Waals surface area (Å²) in [6.45, 7) is 4.90. The van der Waals surface area contributed by atoms with Gasteiger partial charge in [-0.2, -0.15) is 11.8 Å². The predicted octanol–water partition coefficient (Wildman–Crippen LogP) is 2.20. The summed E-state index contributed by atoms with van der Waals surface area (Å²) >= 11 is 7.58. The van der Waals surface area contributed by atoms with Crippen molar-refractivity contribution in [3.05, 3.63) is 17.3 Å². The van der Waals surface area contributed by atoms with Gasteiger partial charge in [0.15, 0.2) is 0 Å². The zero-order valence-corrected chi connectivity index (χ0v) is 13.5. The van der Waals surface area contributed by atoms with Crippen molar-refractivity contribution in [2.75, 3.05) is 24.7 Å². The van der Waals surface area contributed by atoms with Crippen LogP contribution in [0.5, 0.6) is 0 Å². The van der Waals surface area contributed by atoms with E-state index in [1.807, 2.05) is 20.1 Å². The minimum absolute atomic E-state index is 0.0763. The van der Waals surface area contributed by atoms with E-state index in [-0.39, 0.29) is 10.1 Å². The highest BCUT2D eigenvalue weighted by Crippen LogP contribution is 2.22. The lowest BCUT2D eigenvalue weighted by Crippen LogP contribution is -2.29. The van der Waals surface area contributed by atoms with Gasteiger partial charge in [-0.3, -0.25) is 0 Å². The normalized spacial score (nSPS) is 13.3. The maximum atomic E-state index is 12.0. The van der Waals surface area contributed by atoms with Crippen molar-refractivity contribution in [3.63, 3.8) is 0 Å². The van der Waals surface area contributed by atoms with E-state index in [0.29, 0.717) is 23.9 Å². The Bertz CT molecular complexity index is 523. The maximum Gasteiger partial charge on any atom is 0.242 e. The Hall–Kier alpha value is -0.500. The molecule has 1 aromatic rings. The van der Waals surface area contributed by atoms with Crippen molar-refractivity contribution in [2.45, 2.75) is 24.0 Å². The van der Waals surface area contributed by atoms with Gasteiger partial charge in [0.1, 0.15) is 10.7 Å². The summed E-state index contributed by atoms with van der Waals surface area (Å²) in [7, 11) is -3.56. The third-order valence-electron chi connectivity index (χ3n) is 2.43. The number of pyridine rings is 1. The second-order valence-electron chi connectivity index (χ2n) is 3.93. The molecule has 1 aromatic heterocycles. The standard InChI is InChI=1S/C11H18ClN3O2S2/c1-4-13-11-10(12)5-9(7-14-11)19(16,17)15-6-8(2)18-3/h5,7-8,15H,4,6H2,1-3H3,(H,13,14). The van der Waals surface area contributed by atoms with Crippen molar-refractivity contribution in [1.82, 2.24) is 9.71 Å². The Morgan fingerprint density at radius 3 is 2.74 bits per heavy atom. The summed E-state index contributed by atoms with van der Waals surface area (Å²) in [5, 5.41) is 3.45. The van der Waals surface area contributed by atoms with Gasteiger partial charge in [0, 0.05) is 24.5 Å². The van der Waals surface area contributed by atoms with Crippen LogP contribution in [-0.4, -0.2) is 38.0 Å². The molecule has 2 N–H and O–H groups in total. The summed E-state index contributed by atoms with van der Waals surface area (Å²) in [5.41, 5.74) is 0. The molecule has 0 saturated carbocycles. The molecule has 108 valence electrons.